The lowest BCUT2D eigenvalue weighted by atomic mass is 9.74. The number of nitrogens with one attached hydrogen (secondary N) is 1. The third-order valence-corrected chi connectivity index (χ3v) is 5.75. The molecule has 1 aliphatic rings. The number of thiophene rings is 1. The lowest BCUT2D eigenvalue weighted by Gasteiger charge is -2.32. The highest BCUT2D eigenvalue weighted by molar-refractivity contribution is 7.10. The second-order valence-corrected chi connectivity index (χ2v) is 6.44. The summed E-state index contributed by atoms with van der Waals surface area (Å²) < 4.78 is 0. The third-order valence-electron chi connectivity index (χ3n) is 3.92. The maximum absolute atomic E-state index is 6.34. The van der Waals surface area contributed by atoms with Crippen LogP contribution in [0.15, 0.2) is 29.6 Å². The van der Waals surface area contributed by atoms with Crippen LogP contribution in [0.4, 0.5) is 0 Å². The number of halogens is 1. The smallest absolute Gasteiger partial charge is 0.0590 e. The summed E-state index contributed by atoms with van der Waals surface area (Å²) in [5.74, 6) is 6.32. The summed E-state index contributed by atoms with van der Waals surface area (Å²) in [4.78, 5) is 1.16. The number of rotatable bonds is 4. The average molecular weight is 293 g/mol. The molecule has 1 aromatic carbocycles. The lowest BCUT2D eigenvalue weighted by molar-refractivity contribution is 0.440. The Morgan fingerprint density at radius 1 is 1.47 bits per heavy atom. The summed E-state index contributed by atoms with van der Waals surface area (Å²) in [5.41, 5.74) is 7.00. The zero-order valence-corrected chi connectivity index (χ0v) is 12.4. The van der Waals surface area contributed by atoms with Gasteiger partial charge in [0.05, 0.1) is 11.1 Å². The van der Waals surface area contributed by atoms with E-state index < -0.39 is 0 Å². The van der Waals surface area contributed by atoms with Gasteiger partial charge in [0, 0.05) is 4.88 Å². The van der Waals surface area contributed by atoms with E-state index in [0.717, 1.165) is 28.3 Å². The molecule has 1 aromatic heterocycles. The number of hydrazine groups is 1. The minimum Gasteiger partial charge on any atom is -0.271 e. The van der Waals surface area contributed by atoms with Crippen LogP contribution in [0.25, 0.3) is 0 Å². The number of benzene rings is 1. The van der Waals surface area contributed by atoms with Crippen molar-refractivity contribution in [2.24, 2.45) is 5.84 Å². The molecule has 2 nitrogen and oxygen atoms in total. The monoisotopic (exact) mass is 292 g/mol. The van der Waals surface area contributed by atoms with Crippen molar-refractivity contribution >= 4 is 22.9 Å². The molecular weight excluding hydrogens is 276 g/mol. The van der Waals surface area contributed by atoms with Crippen molar-refractivity contribution in [3.8, 4) is 0 Å². The van der Waals surface area contributed by atoms with Gasteiger partial charge < -0.3 is 0 Å². The Bertz CT molecular complexity index is 594. The molecule has 0 saturated heterocycles. The summed E-state index contributed by atoms with van der Waals surface area (Å²) in [6.07, 6.45) is 2.16. The summed E-state index contributed by atoms with van der Waals surface area (Å²) in [6, 6.07) is 8.78. The Balaban J connectivity index is 1.77. The second kappa shape index (κ2) is 5.25. The van der Waals surface area contributed by atoms with E-state index in [-0.39, 0.29) is 6.04 Å². The standard InChI is InChI=1S/C15H17ClN2S/c1-9-8-19-15(14(9)16)13(18-17)7-11-6-10-4-2-3-5-12(10)11/h2-5,8,11,13,18H,6-7,17H2,1H3. The Labute approximate surface area is 122 Å². The van der Waals surface area contributed by atoms with Crippen LogP contribution in [0.3, 0.4) is 0 Å². The van der Waals surface area contributed by atoms with Crippen LogP contribution in [-0.4, -0.2) is 0 Å². The van der Waals surface area contributed by atoms with Crippen molar-refractivity contribution < 1.29 is 0 Å². The summed E-state index contributed by atoms with van der Waals surface area (Å²) >= 11 is 8.03. The van der Waals surface area contributed by atoms with E-state index in [4.69, 9.17) is 17.4 Å². The quantitative estimate of drug-likeness (QED) is 0.661. The van der Waals surface area contributed by atoms with E-state index in [1.807, 2.05) is 6.92 Å². The van der Waals surface area contributed by atoms with Gasteiger partial charge in [-0.1, -0.05) is 35.9 Å². The van der Waals surface area contributed by atoms with Crippen LogP contribution in [0.2, 0.25) is 5.02 Å². The van der Waals surface area contributed by atoms with Crippen LogP contribution in [0.5, 0.6) is 0 Å². The van der Waals surface area contributed by atoms with Crippen molar-refractivity contribution in [1.29, 1.82) is 0 Å². The predicted octanol–water partition coefficient (Wildman–Crippen LogP) is 3.94. The van der Waals surface area contributed by atoms with Gasteiger partial charge in [-0.15, -0.1) is 11.3 Å². The fourth-order valence-corrected chi connectivity index (χ4v) is 4.19. The number of hydrogen-bond acceptors (Lipinski definition) is 3. The summed E-state index contributed by atoms with van der Waals surface area (Å²) in [6.45, 7) is 2.04. The van der Waals surface area contributed by atoms with Crippen LogP contribution in [-0.2, 0) is 6.42 Å². The molecule has 3 N–H and O–H groups in total. The molecule has 2 atom stereocenters. The first-order chi connectivity index (χ1) is 9.20. The molecule has 0 radical (unpaired) electrons. The first kappa shape index (κ1) is 13.1. The SMILES string of the molecule is Cc1csc(C(CC2Cc3ccccc32)NN)c1Cl. The third kappa shape index (κ3) is 2.32. The molecule has 0 fully saturated rings. The van der Waals surface area contributed by atoms with Crippen molar-refractivity contribution in [1.82, 2.24) is 5.43 Å². The number of hydrogen-bond donors (Lipinski definition) is 2. The van der Waals surface area contributed by atoms with E-state index in [2.05, 4.69) is 35.1 Å². The molecule has 0 aliphatic heterocycles. The van der Waals surface area contributed by atoms with E-state index in [1.165, 1.54) is 11.1 Å². The van der Waals surface area contributed by atoms with E-state index >= 15 is 0 Å². The molecule has 0 bridgehead atoms. The van der Waals surface area contributed by atoms with Crippen LogP contribution < -0.4 is 11.3 Å². The summed E-state index contributed by atoms with van der Waals surface area (Å²) in [7, 11) is 0. The van der Waals surface area contributed by atoms with Crippen LogP contribution in [0, 0.1) is 6.92 Å². The zero-order chi connectivity index (χ0) is 13.4. The minimum atomic E-state index is 0.143. The molecule has 100 valence electrons. The largest absolute Gasteiger partial charge is 0.271 e. The normalized spacial score (nSPS) is 18.8. The molecule has 0 amide bonds. The van der Waals surface area contributed by atoms with Gasteiger partial charge in [0.15, 0.2) is 0 Å². The fourth-order valence-electron chi connectivity index (χ4n) is 2.79. The molecular formula is C15H17ClN2S. The van der Waals surface area contributed by atoms with Crippen LogP contribution >= 0.6 is 22.9 Å². The van der Waals surface area contributed by atoms with E-state index in [1.54, 1.807) is 11.3 Å². The molecule has 4 heteroatoms. The summed E-state index contributed by atoms with van der Waals surface area (Å²) in [5, 5.41) is 2.96. The second-order valence-electron chi connectivity index (χ2n) is 5.15. The number of nitrogens with two attached hydrogens (primary N) is 1. The lowest BCUT2D eigenvalue weighted by Crippen LogP contribution is -2.31. The minimum absolute atomic E-state index is 0.143. The highest BCUT2D eigenvalue weighted by Crippen LogP contribution is 2.43. The molecule has 0 spiro atoms. The molecule has 1 heterocycles. The topological polar surface area (TPSA) is 38.0 Å². The van der Waals surface area contributed by atoms with Gasteiger partial charge >= 0.3 is 0 Å². The van der Waals surface area contributed by atoms with Crippen molar-refractivity contribution in [2.75, 3.05) is 0 Å². The Morgan fingerprint density at radius 3 is 2.89 bits per heavy atom. The fraction of sp³-hybridized carbons (Fsp3) is 0.333. The first-order valence-electron chi connectivity index (χ1n) is 6.48. The number of fused-ring (bicyclic) bond motifs is 1. The Kier molecular flexibility index (Phi) is 3.63. The van der Waals surface area contributed by atoms with Crippen molar-refractivity contribution in [3.63, 3.8) is 0 Å². The van der Waals surface area contributed by atoms with Gasteiger partial charge in [0.1, 0.15) is 0 Å². The van der Waals surface area contributed by atoms with Gasteiger partial charge in [-0.2, -0.15) is 0 Å². The molecule has 3 rings (SSSR count). The van der Waals surface area contributed by atoms with Gasteiger partial charge in [0.25, 0.3) is 0 Å². The molecule has 2 aromatic rings. The average Bonchev–Trinajstić information content (AvgIpc) is 2.72. The molecule has 2 unspecified atom stereocenters. The van der Waals surface area contributed by atoms with Gasteiger partial charge in [-0.05, 0) is 47.8 Å². The van der Waals surface area contributed by atoms with Crippen molar-refractivity contribution in [2.45, 2.75) is 31.7 Å². The number of aryl methyl sites for hydroxylation is 1. The predicted molar refractivity (Wildman–Crippen MR) is 81.6 cm³/mol. The Hall–Kier alpha value is -0.870. The van der Waals surface area contributed by atoms with E-state index in [9.17, 15) is 0 Å². The van der Waals surface area contributed by atoms with Gasteiger partial charge in [0.2, 0.25) is 0 Å². The van der Waals surface area contributed by atoms with Crippen LogP contribution in [0.1, 0.15) is 39.9 Å². The van der Waals surface area contributed by atoms with Gasteiger partial charge in [-0.3, -0.25) is 11.3 Å². The van der Waals surface area contributed by atoms with E-state index in [0.29, 0.717) is 5.92 Å². The van der Waals surface area contributed by atoms with Crippen molar-refractivity contribution in [3.05, 3.63) is 56.2 Å². The first-order valence-corrected chi connectivity index (χ1v) is 7.74. The maximum atomic E-state index is 6.34. The van der Waals surface area contributed by atoms with Gasteiger partial charge in [-0.25, -0.2) is 0 Å². The Morgan fingerprint density at radius 2 is 2.26 bits per heavy atom. The highest BCUT2D eigenvalue weighted by Gasteiger charge is 2.29. The maximum Gasteiger partial charge on any atom is 0.0590 e. The molecule has 1 aliphatic carbocycles. The molecule has 19 heavy (non-hydrogen) atoms. The highest BCUT2D eigenvalue weighted by atomic mass is 35.5. The zero-order valence-electron chi connectivity index (χ0n) is 10.8. The molecule has 0 saturated carbocycles.